The molecule has 0 aliphatic heterocycles. The van der Waals surface area contributed by atoms with Gasteiger partial charge in [0.25, 0.3) is 0 Å². The Balaban J connectivity index is 2.49. The average Bonchev–Trinajstić information content (AvgIpc) is 2.40. The van der Waals surface area contributed by atoms with Gasteiger partial charge in [-0.3, -0.25) is 0 Å². The van der Waals surface area contributed by atoms with Gasteiger partial charge in [0.05, 0.1) is 5.75 Å². The summed E-state index contributed by atoms with van der Waals surface area (Å²) in [7, 11) is -1.65. The predicted octanol–water partition coefficient (Wildman–Crippen LogP) is 2.10. The Labute approximate surface area is 121 Å². The first-order valence-corrected chi connectivity index (χ1v) is 8.41. The number of hydrogen-bond acceptors (Lipinski definition) is 4. The van der Waals surface area contributed by atoms with E-state index in [4.69, 9.17) is 10.5 Å². The molecule has 6 heteroatoms. The Kier molecular flexibility index (Phi) is 6.29. The highest BCUT2D eigenvalue weighted by molar-refractivity contribution is 7.89. The monoisotopic (exact) mass is 300 g/mol. The van der Waals surface area contributed by atoms with Gasteiger partial charge < -0.3 is 10.5 Å². The number of ether oxygens (including phenoxy) is 1. The van der Waals surface area contributed by atoms with Crippen molar-refractivity contribution in [3.05, 3.63) is 24.3 Å². The lowest BCUT2D eigenvalue weighted by molar-refractivity contribution is 0.328. The summed E-state index contributed by atoms with van der Waals surface area (Å²) in [5.74, 6) is 0.598. The van der Waals surface area contributed by atoms with E-state index < -0.39 is 10.0 Å². The summed E-state index contributed by atoms with van der Waals surface area (Å²) >= 11 is 0. The standard InChI is InChI=1S/C14H24N2O3S/c1-4-5-12(2)16(3)20(17,18)11-10-19-14-8-6-13(15)7-9-14/h6-9,12H,4-5,10-11,15H2,1-3H3. The van der Waals surface area contributed by atoms with Gasteiger partial charge in [0.1, 0.15) is 12.4 Å². The fourth-order valence-electron chi connectivity index (χ4n) is 1.85. The zero-order chi connectivity index (χ0) is 15.2. The minimum atomic E-state index is -3.28. The number of anilines is 1. The Bertz CT molecular complexity index is 500. The fraction of sp³-hybridized carbons (Fsp3) is 0.571. The average molecular weight is 300 g/mol. The van der Waals surface area contributed by atoms with Gasteiger partial charge in [0, 0.05) is 18.8 Å². The van der Waals surface area contributed by atoms with Crippen LogP contribution in [-0.2, 0) is 10.0 Å². The van der Waals surface area contributed by atoms with Crippen molar-refractivity contribution in [3.63, 3.8) is 0 Å². The highest BCUT2D eigenvalue weighted by Gasteiger charge is 2.22. The maximum Gasteiger partial charge on any atom is 0.217 e. The maximum atomic E-state index is 12.1. The predicted molar refractivity (Wildman–Crippen MR) is 82.3 cm³/mol. The number of nitrogens with zero attached hydrogens (tertiary/aromatic N) is 1. The van der Waals surface area contributed by atoms with E-state index in [2.05, 4.69) is 0 Å². The molecule has 2 N–H and O–H groups in total. The van der Waals surface area contributed by atoms with Crippen LogP contribution in [0.2, 0.25) is 0 Å². The number of nitrogen functional groups attached to an aromatic ring is 1. The van der Waals surface area contributed by atoms with Crippen LogP contribution in [0.25, 0.3) is 0 Å². The van der Waals surface area contributed by atoms with Crippen LogP contribution in [0.4, 0.5) is 5.69 Å². The molecule has 0 aromatic heterocycles. The van der Waals surface area contributed by atoms with E-state index in [1.807, 2.05) is 13.8 Å². The van der Waals surface area contributed by atoms with E-state index in [1.165, 1.54) is 4.31 Å². The summed E-state index contributed by atoms with van der Waals surface area (Å²) in [6.45, 7) is 4.10. The zero-order valence-electron chi connectivity index (χ0n) is 12.4. The molecule has 1 aromatic carbocycles. The molecular formula is C14H24N2O3S. The van der Waals surface area contributed by atoms with Crippen LogP contribution in [-0.4, -0.2) is 38.2 Å². The van der Waals surface area contributed by atoms with Crippen LogP contribution in [0.3, 0.4) is 0 Å². The zero-order valence-corrected chi connectivity index (χ0v) is 13.2. The van der Waals surface area contributed by atoms with Crippen LogP contribution in [0.15, 0.2) is 24.3 Å². The van der Waals surface area contributed by atoms with Crippen molar-refractivity contribution >= 4 is 15.7 Å². The minimum Gasteiger partial charge on any atom is -0.492 e. The van der Waals surface area contributed by atoms with E-state index in [1.54, 1.807) is 31.3 Å². The van der Waals surface area contributed by atoms with Crippen LogP contribution in [0, 0.1) is 0 Å². The molecule has 0 radical (unpaired) electrons. The van der Waals surface area contributed by atoms with Crippen molar-refractivity contribution in [2.45, 2.75) is 32.7 Å². The Morgan fingerprint density at radius 2 is 1.90 bits per heavy atom. The van der Waals surface area contributed by atoms with Crippen molar-refractivity contribution in [1.29, 1.82) is 0 Å². The number of nitrogens with two attached hydrogens (primary N) is 1. The Morgan fingerprint density at radius 3 is 2.45 bits per heavy atom. The Morgan fingerprint density at radius 1 is 1.30 bits per heavy atom. The van der Waals surface area contributed by atoms with Crippen molar-refractivity contribution < 1.29 is 13.2 Å². The van der Waals surface area contributed by atoms with Crippen molar-refractivity contribution in [2.24, 2.45) is 0 Å². The second-order valence-corrected chi connectivity index (χ2v) is 7.04. The first-order chi connectivity index (χ1) is 9.36. The summed E-state index contributed by atoms with van der Waals surface area (Å²) in [5, 5.41) is 0. The van der Waals surface area contributed by atoms with E-state index in [0.717, 1.165) is 12.8 Å². The summed E-state index contributed by atoms with van der Waals surface area (Å²) in [6, 6.07) is 6.91. The van der Waals surface area contributed by atoms with Gasteiger partial charge >= 0.3 is 0 Å². The number of hydrogen-bond donors (Lipinski definition) is 1. The summed E-state index contributed by atoms with van der Waals surface area (Å²) < 4.78 is 31.1. The number of benzene rings is 1. The van der Waals surface area contributed by atoms with Gasteiger partial charge in [0.2, 0.25) is 10.0 Å². The lowest BCUT2D eigenvalue weighted by atomic mass is 10.2. The first-order valence-electron chi connectivity index (χ1n) is 6.81. The van der Waals surface area contributed by atoms with Gasteiger partial charge in [-0.25, -0.2) is 12.7 Å². The van der Waals surface area contributed by atoms with E-state index in [-0.39, 0.29) is 18.4 Å². The van der Waals surface area contributed by atoms with Crippen LogP contribution in [0.5, 0.6) is 5.75 Å². The molecule has 0 aliphatic carbocycles. The lowest BCUT2D eigenvalue weighted by Gasteiger charge is -2.23. The van der Waals surface area contributed by atoms with Gasteiger partial charge in [-0.05, 0) is 37.6 Å². The van der Waals surface area contributed by atoms with Crippen LogP contribution in [0.1, 0.15) is 26.7 Å². The van der Waals surface area contributed by atoms with E-state index in [9.17, 15) is 8.42 Å². The smallest absolute Gasteiger partial charge is 0.217 e. The molecule has 0 heterocycles. The molecule has 0 aliphatic rings. The lowest BCUT2D eigenvalue weighted by Crippen LogP contribution is -2.37. The van der Waals surface area contributed by atoms with Crippen molar-refractivity contribution in [3.8, 4) is 5.75 Å². The largest absolute Gasteiger partial charge is 0.492 e. The second kappa shape index (κ2) is 7.50. The van der Waals surface area contributed by atoms with Gasteiger partial charge in [-0.2, -0.15) is 0 Å². The topological polar surface area (TPSA) is 72.6 Å². The summed E-state index contributed by atoms with van der Waals surface area (Å²) in [5.41, 5.74) is 6.22. The number of rotatable bonds is 8. The molecular weight excluding hydrogens is 276 g/mol. The summed E-state index contributed by atoms with van der Waals surface area (Å²) in [4.78, 5) is 0. The van der Waals surface area contributed by atoms with Gasteiger partial charge in [-0.1, -0.05) is 13.3 Å². The molecule has 0 amide bonds. The fourth-order valence-corrected chi connectivity index (χ4v) is 3.08. The third-order valence-electron chi connectivity index (χ3n) is 3.26. The quantitative estimate of drug-likeness (QED) is 0.746. The molecule has 114 valence electrons. The maximum absolute atomic E-state index is 12.1. The van der Waals surface area contributed by atoms with Crippen LogP contribution < -0.4 is 10.5 Å². The normalized spacial score (nSPS) is 13.4. The highest BCUT2D eigenvalue weighted by Crippen LogP contribution is 2.14. The summed E-state index contributed by atoms with van der Waals surface area (Å²) in [6.07, 6.45) is 1.82. The first kappa shape index (κ1) is 16.8. The molecule has 0 saturated carbocycles. The molecule has 0 saturated heterocycles. The van der Waals surface area contributed by atoms with Crippen molar-refractivity contribution in [2.75, 3.05) is 25.1 Å². The molecule has 0 spiro atoms. The molecule has 1 unspecified atom stereocenters. The molecule has 5 nitrogen and oxygen atoms in total. The third-order valence-corrected chi connectivity index (χ3v) is 5.18. The number of sulfonamides is 1. The minimum absolute atomic E-state index is 0.0153. The molecule has 1 rings (SSSR count). The van der Waals surface area contributed by atoms with Crippen LogP contribution >= 0.6 is 0 Å². The second-order valence-electron chi connectivity index (χ2n) is 4.89. The third kappa shape index (κ3) is 5.02. The van der Waals surface area contributed by atoms with Gasteiger partial charge in [0.15, 0.2) is 0 Å². The highest BCUT2D eigenvalue weighted by atomic mass is 32.2. The molecule has 20 heavy (non-hydrogen) atoms. The molecule has 1 aromatic rings. The van der Waals surface area contributed by atoms with E-state index in [0.29, 0.717) is 11.4 Å². The van der Waals surface area contributed by atoms with Gasteiger partial charge in [-0.15, -0.1) is 0 Å². The molecule has 0 fully saturated rings. The Hall–Kier alpha value is -1.27. The van der Waals surface area contributed by atoms with E-state index >= 15 is 0 Å². The molecule has 0 bridgehead atoms. The van der Waals surface area contributed by atoms with Crippen molar-refractivity contribution in [1.82, 2.24) is 4.31 Å². The SMILES string of the molecule is CCCC(C)N(C)S(=O)(=O)CCOc1ccc(N)cc1. The molecule has 1 atom stereocenters.